The number of carboxylic acid groups (broad SMARTS) is 1. The van der Waals surface area contributed by atoms with Crippen molar-refractivity contribution in [2.45, 2.75) is 19.0 Å². The number of aliphatic carboxylic acids is 1. The van der Waals surface area contributed by atoms with Gasteiger partial charge in [-0.05, 0) is 47.0 Å². The van der Waals surface area contributed by atoms with E-state index in [1.807, 2.05) is 78.9 Å². The standard InChI is InChI=1S/C40H36N2O5/c43-38(25-22-30-12-4-1-5-13-30)42(29-32-14-6-2-7-15-32)26-27-47-34-23-20-31(21-24-34)28-37(40(45)46)41-36-19-11-10-18-35(36)39(44)33-16-8-3-9-17-33/h1-25,37,41H,26-29H2,(H,45,46). The summed E-state index contributed by atoms with van der Waals surface area (Å²) < 4.78 is 5.99. The maximum Gasteiger partial charge on any atom is 0.326 e. The molecule has 5 rings (SSSR count). The van der Waals surface area contributed by atoms with Crippen LogP contribution in [0.25, 0.3) is 6.08 Å². The van der Waals surface area contributed by atoms with E-state index in [1.54, 1.807) is 77.7 Å². The van der Waals surface area contributed by atoms with E-state index in [9.17, 15) is 19.5 Å². The molecule has 0 aromatic heterocycles. The number of nitrogens with zero attached hydrogens (tertiary/aromatic N) is 1. The molecular formula is C40H36N2O5. The van der Waals surface area contributed by atoms with Crippen molar-refractivity contribution in [3.05, 3.63) is 173 Å². The van der Waals surface area contributed by atoms with E-state index in [1.165, 1.54) is 0 Å². The first-order valence-corrected chi connectivity index (χ1v) is 15.4. The van der Waals surface area contributed by atoms with Crippen LogP contribution >= 0.6 is 0 Å². The first-order chi connectivity index (χ1) is 23.0. The zero-order valence-electron chi connectivity index (χ0n) is 25.9. The fraction of sp³-hybridized carbons (Fsp3) is 0.125. The molecule has 0 saturated carbocycles. The maximum atomic E-state index is 13.1. The highest BCUT2D eigenvalue weighted by atomic mass is 16.5. The average Bonchev–Trinajstić information content (AvgIpc) is 3.11. The van der Waals surface area contributed by atoms with Gasteiger partial charge in [0.15, 0.2) is 5.78 Å². The van der Waals surface area contributed by atoms with Gasteiger partial charge in [-0.15, -0.1) is 0 Å². The molecule has 5 aromatic rings. The molecule has 2 N–H and O–H groups in total. The molecule has 47 heavy (non-hydrogen) atoms. The van der Waals surface area contributed by atoms with Gasteiger partial charge in [0.2, 0.25) is 5.91 Å². The fourth-order valence-electron chi connectivity index (χ4n) is 5.08. The Kier molecular flexibility index (Phi) is 11.3. The first-order valence-electron chi connectivity index (χ1n) is 15.4. The summed E-state index contributed by atoms with van der Waals surface area (Å²) in [6.07, 6.45) is 3.57. The Hall–Kier alpha value is -5.95. The lowest BCUT2D eigenvalue weighted by atomic mass is 10.00. The van der Waals surface area contributed by atoms with Gasteiger partial charge in [0.05, 0.1) is 6.54 Å². The van der Waals surface area contributed by atoms with Crippen molar-refractivity contribution >= 4 is 29.4 Å². The molecule has 0 aliphatic rings. The summed E-state index contributed by atoms with van der Waals surface area (Å²) in [5.41, 5.74) is 4.15. The molecule has 0 heterocycles. The SMILES string of the molecule is O=C(c1ccccc1)c1ccccc1NC(Cc1ccc(OCCN(Cc2ccccc2)C(=O)C=Cc2ccccc2)cc1)C(=O)O. The molecule has 0 saturated heterocycles. The molecule has 0 fully saturated rings. The largest absolute Gasteiger partial charge is 0.492 e. The molecule has 0 spiro atoms. The number of nitrogens with one attached hydrogen (secondary N) is 1. The number of ether oxygens (including phenoxy) is 1. The zero-order valence-corrected chi connectivity index (χ0v) is 25.9. The number of para-hydroxylation sites is 1. The Morgan fingerprint density at radius 2 is 1.34 bits per heavy atom. The van der Waals surface area contributed by atoms with Crippen molar-refractivity contribution < 1.29 is 24.2 Å². The van der Waals surface area contributed by atoms with Crippen molar-refractivity contribution in [3.8, 4) is 5.75 Å². The van der Waals surface area contributed by atoms with E-state index in [0.717, 1.165) is 16.7 Å². The van der Waals surface area contributed by atoms with Gasteiger partial charge < -0.3 is 20.1 Å². The maximum absolute atomic E-state index is 13.1. The third-order valence-corrected chi connectivity index (χ3v) is 7.57. The lowest BCUT2D eigenvalue weighted by molar-refractivity contribution is -0.137. The molecule has 0 bridgehead atoms. The molecule has 1 amide bonds. The van der Waals surface area contributed by atoms with Crippen LogP contribution in [-0.2, 0) is 22.6 Å². The monoisotopic (exact) mass is 624 g/mol. The molecule has 0 radical (unpaired) electrons. The van der Waals surface area contributed by atoms with Crippen LogP contribution < -0.4 is 10.1 Å². The summed E-state index contributed by atoms with van der Waals surface area (Å²) in [7, 11) is 0. The molecule has 236 valence electrons. The smallest absolute Gasteiger partial charge is 0.326 e. The van der Waals surface area contributed by atoms with Crippen molar-refractivity contribution in [2.24, 2.45) is 0 Å². The number of carbonyl (C=O) groups is 3. The Bertz CT molecular complexity index is 1790. The summed E-state index contributed by atoms with van der Waals surface area (Å²) in [5.74, 6) is -0.720. The lowest BCUT2D eigenvalue weighted by Crippen LogP contribution is -2.33. The number of carbonyl (C=O) groups excluding carboxylic acids is 2. The Labute approximate surface area is 274 Å². The van der Waals surface area contributed by atoms with Crippen LogP contribution in [0, 0.1) is 0 Å². The molecule has 7 heteroatoms. The van der Waals surface area contributed by atoms with E-state index < -0.39 is 12.0 Å². The number of carboxylic acids is 1. The van der Waals surface area contributed by atoms with Crippen LogP contribution in [0.5, 0.6) is 5.75 Å². The normalized spacial score (nSPS) is 11.5. The molecule has 0 aliphatic carbocycles. The number of amides is 1. The Balaban J connectivity index is 1.20. The van der Waals surface area contributed by atoms with Crippen LogP contribution in [0.4, 0.5) is 5.69 Å². The summed E-state index contributed by atoms with van der Waals surface area (Å²) in [4.78, 5) is 40.3. The van der Waals surface area contributed by atoms with Crippen molar-refractivity contribution in [2.75, 3.05) is 18.5 Å². The van der Waals surface area contributed by atoms with Gasteiger partial charge in [0.25, 0.3) is 0 Å². The Morgan fingerprint density at radius 1 is 0.723 bits per heavy atom. The second-order valence-corrected chi connectivity index (χ2v) is 11.0. The minimum Gasteiger partial charge on any atom is -0.492 e. The minimum absolute atomic E-state index is 0.115. The fourth-order valence-corrected chi connectivity index (χ4v) is 5.08. The van der Waals surface area contributed by atoms with Crippen LogP contribution in [0.15, 0.2) is 146 Å². The van der Waals surface area contributed by atoms with E-state index >= 15 is 0 Å². The highest BCUT2D eigenvalue weighted by molar-refractivity contribution is 6.12. The van der Waals surface area contributed by atoms with Crippen LogP contribution in [0.2, 0.25) is 0 Å². The van der Waals surface area contributed by atoms with Gasteiger partial charge in [-0.1, -0.05) is 115 Å². The minimum atomic E-state index is -1.03. The number of benzene rings is 5. The summed E-state index contributed by atoms with van der Waals surface area (Å²) in [6, 6.07) is 41.6. The second kappa shape index (κ2) is 16.4. The zero-order chi connectivity index (χ0) is 32.8. The number of hydrogen-bond donors (Lipinski definition) is 2. The van der Waals surface area contributed by atoms with Gasteiger partial charge >= 0.3 is 5.97 Å². The number of hydrogen-bond acceptors (Lipinski definition) is 5. The van der Waals surface area contributed by atoms with E-state index in [2.05, 4.69) is 5.32 Å². The topological polar surface area (TPSA) is 95.9 Å². The summed E-state index contributed by atoms with van der Waals surface area (Å²) >= 11 is 0. The van der Waals surface area contributed by atoms with Gasteiger partial charge in [-0.2, -0.15) is 0 Å². The third kappa shape index (κ3) is 9.52. The average molecular weight is 625 g/mol. The molecule has 1 atom stereocenters. The second-order valence-electron chi connectivity index (χ2n) is 11.0. The van der Waals surface area contributed by atoms with Crippen molar-refractivity contribution in [3.63, 3.8) is 0 Å². The van der Waals surface area contributed by atoms with Gasteiger partial charge in [0, 0.05) is 35.9 Å². The van der Waals surface area contributed by atoms with Crippen LogP contribution in [0.3, 0.4) is 0 Å². The summed E-state index contributed by atoms with van der Waals surface area (Å²) in [6.45, 7) is 1.11. The van der Waals surface area contributed by atoms with E-state index in [0.29, 0.717) is 35.7 Å². The molecule has 5 aromatic carbocycles. The molecule has 1 unspecified atom stereocenters. The van der Waals surface area contributed by atoms with Gasteiger partial charge in [-0.25, -0.2) is 4.79 Å². The summed E-state index contributed by atoms with van der Waals surface area (Å²) in [5, 5.41) is 13.1. The third-order valence-electron chi connectivity index (χ3n) is 7.57. The predicted molar refractivity (Wildman–Crippen MR) is 184 cm³/mol. The first kappa shape index (κ1) is 32.4. The van der Waals surface area contributed by atoms with Crippen molar-refractivity contribution in [1.29, 1.82) is 0 Å². The molecular weight excluding hydrogens is 588 g/mol. The quantitative estimate of drug-likeness (QED) is 0.0949. The molecule has 0 aliphatic heterocycles. The Morgan fingerprint density at radius 3 is 2.02 bits per heavy atom. The van der Waals surface area contributed by atoms with Gasteiger partial charge in [-0.3, -0.25) is 9.59 Å². The van der Waals surface area contributed by atoms with E-state index in [-0.39, 0.29) is 24.7 Å². The predicted octanol–water partition coefficient (Wildman–Crippen LogP) is 7.15. The molecule has 7 nitrogen and oxygen atoms in total. The van der Waals surface area contributed by atoms with Crippen LogP contribution in [0.1, 0.15) is 32.6 Å². The number of anilines is 1. The number of ketones is 1. The van der Waals surface area contributed by atoms with Crippen LogP contribution in [-0.4, -0.2) is 46.9 Å². The van der Waals surface area contributed by atoms with Crippen molar-refractivity contribution in [1.82, 2.24) is 4.90 Å². The number of rotatable bonds is 15. The highest BCUT2D eigenvalue weighted by Crippen LogP contribution is 2.22. The highest BCUT2D eigenvalue weighted by Gasteiger charge is 2.21. The van der Waals surface area contributed by atoms with Gasteiger partial charge in [0.1, 0.15) is 18.4 Å². The van der Waals surface area contributed by atoms with E-state index in [4.69, 9.17) is 4.74 Å². The lowest BCUT2D eigenvalue weighted by Gasteiger charge is -2.22.